The van der Waals surface area contributed by atoms with Crippen LogP contribution in [0.1, 0.15) is 38.5 Å². The van der Waals surface area contributed by atoms with Gasteiger partial charge < -0.3 is 19.8 Å². The molecule has 1 unspecified atom stereocenters. The number of rotatable bonds is 6. The molecule has 0 aromatic heterocycles. The van der Waals surface area contributed by atoms with Crippen molar-refractivity contribution in [1.82, 2.24) is 10.2 Å². The summed E-state index contributed by atoms with van der Waals surface area (Å²) in [5.74, 6) is 0.418. The van der Waals surface area contributed by atoms with Gasteiger partial charge >= 0.3 is 0 Å². The molecule has 1 aliphatic carbocycles. The first kappa shape index (κ1) is 18.6. The highest BCUT2D eigenvalue weighted by atomic mass is 32.1. The molecule has 4 rings (SSSR count). The number of thiol groups is 1. The summed E-state index contributed by atoms with van der Waals surface area (Å²) in [6.07, 6.45) is 6.36. The van der Waals surface area contributed by atoms with Crippen molar-refractivity contribution in [3.8, 4) is 0 Å². The third-order valence-corrected chi connectivity index (χ3v) is 6.47. The van der Waals surface area contributed by atoms with Crippen molar-refractivity contribution in [3.63, 3.8) is 0 Å². The van der Waals surface area contributed by atoms with Crippen LogP contribution in [0.5, 0.6) is 0 Å². The Kier molecular flexibility index (Phi) is 5.59. The lowest BCUT2D eigenvalue weighted by Crippen LogP contribution is -2.46. The molecule has 6 nitrogen and oxygen atoms in total. The van der Waals surface area contributed by atoms with Gasteiger partial charge in [0.25, 0.3) is 0 Å². The van der Waals surface area contributed by atoms with Gasteiger partial charge in [-0.3, -0.25) is 9.59 Å². The van der Waals surface area contributed by atoms with Crippen LogP contribution in [0.2, 0.25) is 0 Å². The largest absolute Gasteiger partial charge is 0.356 e. The van der Waals surface area contributed by atoms with E-state index in [9.17, 15) is 9.59 Å². The van der Waals surface area contributed by atoms with Crippen LogP contribution in [0, 0.1) is 5.92 Å². The van der Waals surface area contributed by atoms with Crippen molar-refractivity contribution < 1.29 is 9.59 Å². The van der Waals surface area contributed by atoms with E-state index in [1.165, 1.54) is 38.8 Å². The normalized spacial score (nSPS) is 23.7. The number of carbonyl (C=O) groups is 2. The summed E-state index contributed by atoms with van der Waals surface area (Å²) in [5.41, 5.74) is 1.55. The minimum atomic E-state index is -0.593. The van der Waals surface area contributed by atoms with E-state index in [1.54, 1.807) is 4.31 Å². The Balaban J connectivity index is 1.21. The zero-order chi connectivity index (χ0) is 18.8. The summed E-state index contributed by atoms with van der Waals surface area (Å²) < 4.78 is 1.60. The fourth-order valence-electron chi connectivity index (χ4n) is 4.16. The summed E-state index contributed by atoms with van der Waals surface area (Å²) in [7, 11) is 0. The molecule has 0 bridgehead atoms. The number of amides is 2. The monoisotopic (exact) mass is 388 g/mol. The maximum Gasteiger partial charge on any atom is 0.248 e. The highest BCUT2D eigenvalue weighted by Crippen LogP contribution is 2.34. The summed E-state index contributed by atoms with van der Waals surface area (Å²) in [4.78, 5) is 27.3. The Hall–Kier alpha value is -1.73. The molecule has 1 saturated carbocycles. The molecule has 27 heavy (non-hydrogen) atoms. The second-order valence-corrected chi connectivity index (χ2v) is 8.35. The molecular weight excluding hydrogens is 360 g/mol. The Morgan fingerprint density at radius 2 is 1.93 bits per heavy atom. The van der Waals surface area contributed by atoms with Gasteiger partial charge in [-0.1, -0.05) is 24.9 Å². The van der Waals surface area contributed by atoms with Gasteiger partial charge in [-0.2, -0.15) is 0 Å². The predicted molar refractivity (Wildman–Crippen MR) is 110 cm³/mol. The molecule has 146 valence electrons. The fourth-order valence-corrected chi connectivity index (χ4v) is 4.52. The van der Waals surface area contributed by atoms with Gasteiger partial charge in [-0.15, -0.1) is 0 Å². The quantitative estimate of drug-likeness (QED) is 0.655. The summed E-state index contributed by atoms with van der Waals surface area (Å²) in [6.45, 7) is 3.10. The highest BCUT2D eigenvalue weighted by molar-refractivity contribution is 7.81. The average molecular weight is 389 g/mol. The number of fused-ring (bicyclic) bond motifs is 1. The molecule has 2 aliphatic heterocycles. The van der Waals surface area contributed by atoms with E-state index in [2.05, 4.69) is 28.3 Å². The van der Waals surface area contributed by atoms with Gasteiger partial charge in [0.05, 0.1) is 17.8 Å². The van der Waals surface area contributed by atoms with Crippen LogP contribution in [0.25, 0.3) is 0 Å². The average Bonchev–Trinajstić information content (AvgIpc) is 3.51. The molecule has 1 aromatic carbocycles. The maximum atomic E-state index is 12.3. The summed E-state index contributed by atoms with van der Waals surface area (Å²) >= 11 is 4.46. The molecule has 2 N–H and O–H groups in total. The second-order valence-electron chi connectivity index (χ2n) is 7.92. The first-order chi connectivity index (χ1) is 13.1. The maximum absolute atomic E-state index is 12.3. The Labute approximate surface area is 166 Å². The SMILES string of the molecule is O=C(CC1C(=O)Nc2ccccc2N1S)NCCC1CCN(C2CC2)CC1. The number of piperidine rings is 1. The Bertz CT molecular complexity index is 701. The van der Waals surface area contributed by atoms with Crippen LogP contribution in [-0.4, -0.2) is 48.4 Å². The van der Waals surface area contributed by atoms with Crippen LogP contribution in [0.3, 0.4) is 0 Å². The Morgan fingerprint density at radius 1 is 1.19 bits per heavy atom. The lowest BCUT2D eigenvalue weighted by Gasteiger charge is -2.33. The lowest BCUT2D eigenvalue weighted by molar-refractivity contribution is -0.125. The van der Waals surface area contributed by atoms with Crippen molar-refractivity contribution in [2.45, 2.75) is 50.6 Å². The third-order valence-electron chi connectivity index (χ3n) is 5.97. The number of benzene rings is 1. The van der Waals surface area contributed by atoms with Crippen molar-refractivity contribution in [2.24, 2.45) is 5.92 Å². The van der Waals surface area contributed by atoms with E-state index in [1.807, 2.05) is 24.3 Å². The molecule has 2 fully saturated rings. The summed E-state index contributed by atoms with van der Waals surface area (Å²) in [6, 6.07) is 7.75. The highest BCUT2D eigenvalue weighted by Gasteiger charge is 2.33. The number of nitrogens with zero attached hydrogens (tertiary/aromatic N) is 2. The van der Waals surface area contributed by atoms with E-state index in [0.29, 0.717) is 12.5 Å². The molecule has 0 spiro atoms. The third kappa shape index (κ3) is 4.41. The lowest BCUT2D eigenvalue weighted by atomic mass is 9.93. The van der Waals surface area contributed by atoms with Crippen molar-refractivity contribution >= 4 is 36.0 Å². The van der Waals surface area contributed by atoms with Gasteiger partial charge in [-0.05, 0) is 63.2 Å². The molecule has 1 atom stereocenters. The van der Waals surface area contributed by atoms with E-state index >= 15 is 0 Å². The molecule has 2 heterocycles. The number of carbonyl (C=O) groups excluding carboxylic acids is 2. The van der Waals surface area contributed by atoms with Gasteiger partial charge in [0.15, 0.2) is 0 Å². The van der Waals surface area contributed by atoms with Crippen LogP contribution < -0.4 is 14.9 Å². The van der Waals surface area contributed by atoms with E-state index in [4.69, 9.17) is 0 Å². The van der Waals surface area contributed by atoms with Crippen LogP contribution in [0.15, 0.2) is 24.3 Å². The number of hydrogen-bond acceptors (Lipinski definition) is 5. The van der Waals surface area contributed by atoms with Crippen LogP contribution >= 0.6 is 12.8 Å². The zero-order valence-electron chi connectivity index (χ0n) is 15.6. The fraction of sp³-hybridized carbons (Fsp3) is 0.600. The molecule has 7 heteroatoms. The van der Waals surface area contributed by atoms with E-state index in [-0.39, 0.29) is 18.2 Å². The van der Waals surface area contributed by atoms with Crippen molar-refractivity contribution in [2.75, 3.05) is 29.3 Å². The number of hydrogen-bond donors (Lipinski definition) is 3. The number of nitrogens with one attached hydrogen (secondary N) is 2. The van der Waals surface area contributed by atoms with Gasteiger partial charge in [0.1, 0.15) is 6.04 Å². The number of para-hydroxylation sites is 2. The zero-order valence-corrected chi connectivity index (χ0v) is 16.5. The molecule has 1 saturated heterocycles. The molecule has 1 aromatic rings. The standard InChI is InChI=1S/C20H28N4O2S/c25-19(21-10-7-14-8-11-23(12-9-14)15-5-6-15)13-18-20(26)22-16-3-1-2-4-17(16)24(18)27/h1-4,14-15,18,27H,5-13H2,(H,21,25)(H,22,26). The van der Waals surface area contributed by atoms with Gasteiger partial charge in [-0.25, -0.2) is 0 Å². The van der Waals surface area contributed by atoms with Crippen LogP contribution in [0.4, 0.5) is 11.4 Å². The van der Waals surface area contributed by atoms with E-state index in [0.717, 1.165) is 23.8 Å². The van der Waals surface area contributed by atoms with Crippen molar-refractivity contribution in [3.05, 3.63) is 24.3 Å². The van der Waals surface area contributed by atoms with Gasteiger partial charge in [0, 0.05) is 12.6 Å². The first-order valence-corrected chi connectivity index (χ1v) is 10.4. The predicted octanol–water partition coefficient (Wildman–Crippen LogP) is 2.43. The smallest absolute Gasteiger partial charge is 0.248 e. The Morgan fingerprint density at radius 3 is 2.67 bits per heavy atom. The van der Waals surface area contributed by atoms with Crippen molar-refractivity contribution in [1.29, 1.82) is 0 Å². The molecular formula is C20H28N4O2S. The number of anilines is 2. The van der Waals surface area contributed by atoms with E-state index < -0.39 is 6.04 Å². The topological polar surface area (TPSA) is 64.7 Å². The second kappa shape index (κ2) is 8.10. The first-order valence-electron chi connectivity index (χ1n) is 10.0. The number of likely N-dealkylation sites (tertiary alicyclic amines) is 1. The molecule has 0 radical (unpaired) electrons. The molecule has 3 aliphatic rings. The minimum Gasteiger partial charge on any atom is -0.356 e. The van der Waals surface area contributed by atoms with Gasteiger partial charge in [0.2, 0.25) is 11.8 Å². The van der Waals surface area contributed by atoms with Crippen LogP contribution in [-0.2, 0) is 9.59 Å². The minimum absolute atomic E-state index is 0.0935. The molecule has 2 amide bonds. The summed E-state index contributed by atoms with van der Waals surface area (Å²) in [5, 5.41) is 5.85.